The van der Waals surface area contributed by atoms with E-state index < -0.39 is 7.82 Å². The summed E-state index contributed by atoms with van der Waals surface area (Å²) in [6.45, 7) is 16.5. The molecule has 0 aliphatic heterocycles. The number of benzene rings is 6. The van der Waals surface area contributed by atoms with Crippen LogP contribution in [0.15, 0.2) is 124 Å². The van der Waals surface area contributed by atoms with Gasteiger partial charge in [0.1, 0.15) is 45.5 Å². The Morgan fingerprint density at radius 3 is 1.15 bits per heavy atom. The molecule has 28 nitrogen and oxygen atoms in total. The molecule has 0 bridgehead atoms. The standard InChI is InChI=1S/C29H36N5O6P.C29H35N5O3.C28H33N5O4/c1-3-4-8-26-33-27-28(34(26)18-22-10-12-25(20(2)16-22)40-41(36,37)38)23-17-21(9-11-24(23)32-29(27)30)7-5-14-39-15-6-13-31-19-35;1-3-4-8-26-33-27-28(34(26)18-22-10-12-25(36)20(2)16-22)23-17-21(9-11-24(23)32-29(27)30)7-5-14-37-15-6-13-31-19-35;1-2-3-10-24-32-25-26(33(24)17-20-8-4-9-23(35)27(20)36)21-16-19(11-12-22(21)31-28(25)29)7-5-14-37-15-6-13-30-18-34/h9-12,16-17H,3-8,13-15,18H2,1-2H3,(H2,30,32)(H2,36,37,38);9-12,16-17,36H,3-8,13-15,18H2,1-2H3,(H2,30,32);4,8-9,11-12,16,35-36H,2-3,5-7,10,13-15,17H2,1H3,(H2,29,31). The molecule has 0 fully saturated rings. The van der Waals surface area contributed by atoms with Gasteiger partial charge in [0.2, 0.25) is 18.2 Å². The minimum atomic E-state index is -4.66. The number of hydrogen-bond acceptors (Lipinski definition) is 23. The third-order valence-electron chi connectivity index (χ3n) is 19.8. The first kappa shape index (κ1) is 86.1. The van der Waals surface area contributed by atoms with Crippen molar-refractivity contribution in [2.24, 2.45) is 15.0 Å². The zero-order valence-electron chi connectivity index (χ0n) is 66.2. The number of anilines is 3. The molecule has 115 heavy (non-hydrogen) atoms. The molecule has 0 unspecified atom stereocenters. The van der Waals surface area contributed by atoms with Crippen molar-refractivity contribution >= 4 is 109 Å². The highest BCUT2D eigenvalue weighted by Gasteiger charge is 2.24. The highest BCUT2D eigenvalue weighted by atomic mass is 31.2. The van der Waals surface area contributed by atoms with Crippen LogP contribution in [-0.4, -0.2) is 146 Å². The van der Waals surface area contributed by atoms with Crippen LogP contribution in [0.4, 0.5) is 17.5 Å². The van der Waals surface area contributed by atoms with E-state index in [0.717, 1.165) is 203 Å². The number of fused-ring (bicyclic) bond motifs is 9. The van der Waals surface area contributed by atoms with E-state index in [9.17, 15) is 44.1 Å². The van der Waals surface area contributed by atoms with Crippen LogP contribution in [0, 0.1) is 13.8 Å². The number of aromatic hydroxyl groups is 3. The number of imidazole rings is 3. The SMILES string of the molecule is CCCCc1nc2c(N)nc3ccc(CCCOCCCN=C=O)cc3c2n1Cc1ccc(O)c(C)c1.CCCCc1nc2c(N)nc3ccc(CCCOCCCN=C=O)cc3c2n1Cc1ccc(OP(=O)(O)O)c(C)c1.CCCCc1nc2c(N)nc3ccc(CCCOCCCN=C=O)cc3c2n1Cc1cccc(O)c1O. The maximum absolute atomic E-state index is 11.3. The number of rotatable bonds is 41. The molecule has 0 aliphatic carbocycles. The lowest BCUT2D eigenvalue weighted by Gasteiger charge is -2.14. The summed E-state index contributed by atoms with van der Waals surface area (Å²) in [5.41, 5.74) is 34.1. The summed E-state index contributed by atoms with van der Waals surface area (Å²) in [7, 11) is -4.66. The number of phenolic OH excluding ortho intramolecular Hbond substituents is 3. The Balaban J connectivity index is 0.000000183. The zero-order valence-corrected chi connectivity index (χ0v) is 67.0. The average Bonchev–Trinajstić information content (AvgIpc) is 1.63. The van der Waals surface area contributed by atoms with E-state index >= 15 is 0 Å². The number of para-hydroxylation sites is 1. The third kappa shape index (κ3) is 23.5. The topological polar surface area (TPSA) is 414 Å². The summed E-state index contributed by atoms with van der Waals surface area (Å²) >= 11 is 0. The van der Waals surface area contributed by atoms with Crippen LogP contribution in [0.2, 0.25) is 0 Å². The van der Waals surface area contributed by atoms with Crippen LogP contribution in [0.1, 0.15) is 160 Å². The number of phenols is 3. The number of carbonyl (C=O) groups excluding carboxylic acids is 3. The Morgan fingerprint density at radius 2 is 0.783 bits per heavy atom. The van der Waals surface area contributed by atoms with Crippen molar-refractivity contribution in [3.63, 3.8) is 0 Å². The van der Waals surface area contributed by atoms with Gasteiger partial charge in [0.05, 0.1) is 59.3 Å². The van der Waals surface area contributed by atoms with Gasteiger partial charge in [-0.3, -0.25) is 9.79 Å². The normalized spacial score (nSPS) is 11.4. The van der Waals surface area contributed by atoms with Crippen molar-refractivity contribution in [3.05, 3.63) is 171 Å². The molecule has 0 radical (unpaired) electrons. The monoisotopic (exact) mass is 1590 g/mol. The van der Waals surface area contributed by atoms with E-state index in [1.165, 1.54) is 23.8 Å². The van der Waals surface area contributed by atoms with Gasteiger partial charge in [-0.15, -0.1) is 0 Å². The van der Waals surface area contributed by atoms with Gasteiger partial charge in [-0.25, -0.2) is 63.8 Å². The number of aromatic nitrogens is 9. The van der Waals surface area contributed by atoms with Crippen molar-refractivity contribution in [2.75, 3.05) is 76.5 Å². The van der Waals surface area contributed by atoms with Gasteiger partial charge in [0.25, 0.3) is 0 Å². The van der Waals surface area contributed by atoms with Crippen molar-refractivity contribution < 1.29 is 62.8 Å². The number of hydrogen-bond donors (Lipinski definition) is 8. The minimum absolute atomic E-state index is 0.129. The van der Waals surface area contributed by atoms with Gasteiger partial charge in [-0.1, -0.05) is 94.6 Å². The van der Waals surface area contributed by atoms with E-state index in [2.05, 4.69) is 101 Å². The van der Waals surface area contributed by atoms with Crippen molar-refractivity contribution in [1.29, 1.82) is 0 Å². The van der Waals surface area contributed by atoms with Gasteiger partial charge in [-0.2, -0.15) is 0 Å². The number of pyridine rings is 3. The molecule has 29 heteroatoms. The fourth-order valence-electron chi connectivity index (χ4n) is 14.0. The number of isocyanates is 3. The van der Waals surface area contributed by atoms with E-state index in [4.69, 9.17) is 50.9 Å². The van der Waals surface area contributed by atoms with Gasteiger partial charge < -0.3 is 65.0 Å². The lowest BCUT2D eigenvalue weighted by Crippen LogP contribution is -2.07. The predicted molar refractivity (Wildman–Crippen MR) is 448 cm³/mol. The molecule has 6 heterocycles. The smallest absolute Gasteiger partial charge is 0.508 e. The highest BCUT2D eigenvalue weighted by molar-refractivity contribution is 7.46. The summed E-state index contributed by atoms with van der Waals surface area (Å²) in [4.78, 5) is 88.1. The van der Waals surface area contributed by atoms with Gasteiger partial charge >= 0.3 is 7.82 Å². The first-order valence-electron chi connectivity index (χ1n) is 39.4. The Bertz CT molecular complexity index is 5530. The number of phosphoric acid groups is 1. The number of nitrogens with two attached hydrogens (primary N) is 3. The molecule has 6 aromatic heterocycles. The van der Waals surface area contributed by atoms with Gasteiger partial charge in [-0.05, 0) is 184 Å². The second-order valence-corrected chi connectivity index (χ2v) is 29.7. The molecular formula is C86H104N15O13P. The molecule has 606 valence electrons. The molecule has 6 aromatic carbocycles. The lowest BCUT2D eigenvalue weighted by molar-refractivity contribution is 0.131. The third-order valence-corrected chi connectivity index (χ3v) is 20.2. The molecule has 12 aromatic rings. The van der Waals surface area contributed by atoms with E-state index in [1.54, 1.807) is 43.3 Å². The van der Waals surface area contributed by atoms with Crippen LogP contribution in [0.3, 0.4) is 0 Å². The van der Waals surface area contributed by atoms with Crippen molar-refractivity contribution in [3.8, 4) is 23.0 Å². The molecule has 0 amide bonds. The quantitative estimate of drug-likeness (QED) is 0.00580. The Morgan fingerprint density at radius 1 is 0.417 bits per heavy atom. The second-order valence-electron chi connectivity index (χ2n) is 28.5. The minimum Gasteiger partial charge on any atom is -0.508 e. The molecule has 0 saturated carbocycles. The van der Waals surface area contributed by atoms with Crippen LogP contribution in [-0.2, 0) is 91.3 Å². The second kappa shape index (κ2) is 42.7. The number of phosphoric ester groups is 1. The summed E-state index contributed by atoms with van der Waals surface area (Å²) in [6.07, 6.45) is 20.3. The number of nitrogen functional groups attached to an aromatic ring is 3. The van der Waals surface area contributed by atoms with Gasteiger partial charge in [0.15, 0.2) is 29.0 Å². The lowest BCUT2D eigenvalue weighted by atomic mass is 10.1. The highest BCUT2D eigenvalue weighted by Crippen LogP contribution is 2.41. The van der Waals surface area contributed by atoms with Crippen LogP contribution in [0.5, 0.6) is 23.0 Å². The molecular weight excluding hydrogens is 1480 g/mol. The number of ether oxygens (including phenoxy) is 3. The van der Waals surface area contributed by atoms with Crippen LogP contribution < -0.4 is 21.7 Å². The van der Waals surface area contributed by atoms with Crippen molar-refractivity contribution in [2.45, 2.75) is 170 Å². The molecule has 0 atom stereocenters. The maximum Gasteiger partial charge on any atom is 0.524 e. The largest absolute Gasteiger partial charge is 0.524 e. The summed E-state index contributed by atoms with van der Waals surface area (Å²) in [6, 6.07) is 34.7. The van der Waals surface area contributed by atoms with Gasteiger partial charge in [0, 0.05) is 93.7 Å². The predicted octanol–water partition coefficient (Wildman–Crippen LogP) is 14.9. The fraction of sp³-hybridized carbons (Fsp3) is 0.407. The Labute approximate surface area is 667 Å². The van der Waals surface area contributed by atoms with Crippen molar-refractivity contribution in [1.82, 2.24) is 43.6 Å². The summed E-state index contributed by atoms with van der Waals surface area (Å²) in [5.74, 6) is 4.15. The number of nitrogens with zero attached hydrogens (tertiary/aromatic N) is 12. The number of aryl methyl sites for hydroxylation is 8. The van der Waals surface area contributed by atoms with Crippen LogP contribution in [0.25, 0.3) is 65.8 Å². The summed E-state index contributed by atoms with van der Waals surface area (Å²) in [5, 5.41) is 33.5. The summed E-state index contributed by atoms with van der Waals surface area (Å²) < 4.78 is 39.7. The number of aliphatic imine (C=N–C) groups is 3. The molecule has 0 aliphatic rings. The maximum atomic E-state index is 11.3. The number of unbranched alkanes of at least 4 members (excludes halogenated alkanes) is 3. The molecule has 11 N–H and O–H groups in total. The fourth-order valence-corrected chi connectivity index (χ4v) is 14.4. The molecule has 0 saturated heterocycles. The first-order valence-corrected chi connectivity index (χ1v) is 41.0. The molecule has 12 rings (SSSR count). The van der Waals surface area contributed by atoms with Crippen LogP contribution >= 0.6 is 7.82 Å². The Kier molecular flexibility index (Phi) is 32.0. The van der Waals surface area contributed by atoms with E-state index in [0.29, 0.717) is 137 Å². The Hall–Kier alpha value is -11.3. The van der Waals surface area contributed by atoms with E-state index in [1.807, 2.05) is 43.3 Å². The average molecular weight is 1590 g/mol. The molecule has 0 spiro atoms. The van der Waals surface area contributed by atoms with E-state index in [-0.39, 0.29) is 17.2 Å². The first-order chi connectivity index (χ1) is 55.7. The zero-order chi connectivity index (χ0) is 81.8.